The number of amides is 1. The van der Waals surface area contributed by atoms with Gasteiger partial charge in [-0.25, -0.2) is 4.39 Å². The van der Waals surface area contributed by atoms with Crippen LogP contribution in [0.15, 0.2) is 47.0 Å². The fourth-order valence-corrected chi connectivity index (χ4v) is 3.50. The topological polar surface area (TPSA) is 94.0 Å². The number of anilines is 1. The number of carbonyl (C=O) groups is 1. The van der Waals surface area contributed by atoms with Crippen molar-refractivity contribution >= 4 is 24.0 Å². The molecule has 0 atom stereocenters. The fourth-order valence-electron chi connectivity index (χ4n) is 3.50. The van der Waals surface area contributed by atoms with Crippen molar-refractivity contribution in [3.05, 3.63) is 65.2 Å². The second kappa shape index (κ2) is 8.31. The Morgan fingerprint density at radius 2 is 1.93 bits per heavy atom. The van der Waals surface area contributed by atoms with Crippen LogP contribution in [0.1, 0.15) is 47.4 Å². The average Bonchev–Trinajstić information content (AvgIpc) is 3.34. The molecule has 0 bridgehead atoms. The third-order valence-electron chi connectivity index (χ3n) is 5.22. The van der Waals surface area contributed by atoms with Crippen molar-refractivity contribution in [1.29, 1.82) is 0 Å². The lowest BCUT2D eigenvalue weighted by molar-refractivity contribution is 0.102. The Bertz CT molecular complexity index is 1030. The summed E-state index contributed by atoms with van der Waals surface area (Å²) in [5.74, 6) is -0.234. The molecular weight excluding hydrogens is 395 g/mol. The van der Waals surface area contributed by atoms with Gasteiger partial charge in [0.2, 0.25) is 0 Å². The van der Waals surface area contributed by atoms with Crippen molar-refractivity contribution in [2.75, 3.05) is 5.32 Å². The van der Waals surface area contributed by atoms with Gasteiger partial charge in [0, 0.05) is 11.3 Å². The molecule has 1 amide bonds. The molecular formula is C21H22ClFN4O2. The van der Waals surface area contributed by atoms with Crippen molar-refractivity contribution in [1.82, 2.24) is 10.1 Å². The molecule has 6 nitrogen and oxygen atoms in total. The SMILES string of the molecule is Cc1ccc(-c2nc(C3(N)CCCC3)no2)cc1NC(=O)c1ccccc1F.Cl. The van der Waals surface area contributed by atoms with E-state index in [1.807, 2.05) is 19.1 Å². The van der Waals surface area contributed by atoms with Crippen LogP contribution < -0.4 is 11.1 Å². The lowest BCUT2D eigenvalue weighted by Gasteiger charge is -2.17. The Kier molecular flexibility index (Phi) is 6.00. The molecule has 1 saturated carbocycles. The third kappa shape index (κ3) is 4.16. The summed E-state index contributed by atoms with van der Waals surface area (Å²) in [6.45, 7) is 1.85. The number of aromatic nitrogens is 2. The molecule has 3 N–H and O–H groups in total. The normalized spacial score (nSPS) is 15.0. The first-order valence-electron chi connectivity index (χ1n) is 9.26. The lowest BCUT2D eigenvalue weighted by atomic mass is 9.98. The largest absolute Gasteiger partial charge is 0.334 e. The van der Waals surface area contributed by atoms with Crippen LogP contribution in [0.5, 0.6) is 0 Å². The highest BCUT2D eigenvalue weighted by molar-refractivity contribution is 6.05. The molecule has 29 heavy (non-hydrogen) atoms. The van der Waals surface area contributed by atoms with Crippen molar-refractivity contribution in [2.45, 2.75) is 38.1 Å². The summed E-state index contributed by atoms with van der Waals surface area (Å²) < 4.78 is 19.3. The molecule has 1 fully saturated rings. The molecule has 0 radical (unpaired) electrons. The van der Waals surface area contributed by atoms with Crippen LogP contribution in [0.2, 0.25) is 0 Å². The number of rotatable bonds is 4. The highest BCUT2D eigenvalue weighted by Gasteiger charge is 2.36. The molecule has 1 aliphatic carbocycles. The second-order valence-electron chi connectivity index (χ2n) is 7.25. The maximum Gasteiger partial charge on any atom is 0.258 e. The summed E-state index contributed by atoms with van der Waals surface area (Å²) in [4.78, 5) is 16.9. The number of aryl methyl sites for hydroxylation is 1. The Morgan fingerprint density at radius 3 is 2.66 bits per heavy atom. The molecule has 0 saturated heterocycles. The van der Waals surface area contributed by atoms with Gasteiger partial charge < -0.3 is 15.6 Å². The number of hydrogen-bond donors (Lipinski definition) is 2. The zero-order valence-corrected chi connectivity index (χ0v) is 16.8. The summed E-state index contributed by atoms with van der Waals surface area (Å²) in [5.41, 5.74) is 7.89. The molecule has 8 heteroatoms. The molecule has 0 unspecified atom stereocenters. The molecule has 1 aliphatic rings. The van der Waals surface area contributed by atoms with Crippen molar-refractivity contribution in [3.8, 4) is 11.5 Å². The molecule has 0 aliphatic heterocycles. The molecule has 4 rings (SSSR count). The van der Waals surface area contributed by atoms with Crippen LogP contribution in [0, 0.1) is 12.7 Å². The van der Waals surface area contributed by atoms with E-state index in [1.54, 1.807) is 18.2 Å². The van der Waals surface area contributed by atoms with Crippen LogP contribution in [-0.2, 0) is 5.54 Å². The Hall–Kier alpha value is -2.77. The highest BCUT2D eigenvalue weighted by Crippen LogP contribution is 2.35. The Balaban J connectivity index is 0.00000240. The smallest absolute Gasteiger partial charge is 0.258 e. The number of halogens is 2. The van der Waals surface area contributed by atoms with E-state index in [-0.39, 0.29) is 18.0 Å². The minimum atomic E-state index is -0.569. The van der Waals surface area contributed by atoms with Gasteiger partial charge in [0.1, 0.15) is 5.82 Å². The quantitative estimate of drug-likeness (QED) is 0.648. The van der Waals surface area contributed by atoms with E-state index < -0.39 is 17.3 Å². The van der Waals surface area contributed by atoms with E-state index in [9.17, 15) is 9.18 Å². The number of carbonyl (C=O) groups excluding carboxylic acids is 1. The molecule has 152 valence electrons. The number of nitrogens with two attached hydrogens (primary N) is 1. The summed E-state index contributed by atoms with van der Waals surface area (Å²) in [6.07, 6.45) is 3.78. The van der Waals surface area contributed by atoms with E-state index in [4.69, 9.17) is 10.3 Å². The van der Waals surface area contributed by atoms with Crippen molar-refractivity contribution in [3.63, 3.8) is 0 Å². The Morgan fingerprint density at radius 1 is 1.21 bits per heavy atom. The lowest BCUT2D eigenvalue weighted by Crippen LogP contribution is -2.34. The maximum atomic E-state index is 13.9. The van der Waals surface area contributed by atoms with Gasteiger partial charge in [-0.1, -0.05) is 36.2 Å². The highest BCUT2D eigenvalue weighted by atomic mass is 35.5. The summed E-state index contributed by atoms with van der Waals surface area (Å²) in [6, 6.07) is 11.3. The predicted molar refractivity (Wildman–Crippen MR) is 110 cm³/mol. The standard InChI is InChI=1S/C21H21FN4O2.ClH/c1-13-8-9-14(19-25-20(26-28-19)21(23)10-4-5-11-21)12-17(13)24-18(27)15-6-2-3-7-16(15)22;/h2-3,6-9,12H,4-5,10-11,23H2,1H3,(H,24,27);1H. The minimum Gasteiger partial charge on any atom is -0.334 e. The van der Waals surface area contributed by atoms with Crippen molar-refractivity contribution < 1.29 is 13.7 Å². The maximum absolute atomic E-state index is 13.9. The zero-order valence-electron chi connectivity index (χ0n) is 15.9. The van der Waals surface area contributed by atoms with Crippen LogP contribution in [0.4, 0.5) is 10.1 Å². The Labute approximate surface area is 174 Å². The summed E-state index contributed by atoms with van der Waals surface area (Å²) >= 11 is 0. The molecule has 0 spiro atoms. The van der Waals surface area contributed by atoms with E-state index in [1.165, 1.54) is 12.1 Å². The zero-order chi connectivity index (χ0) is 19.7. The monoisotopic (exact) mass is 416 g/mol. The fraction of sp³-hybridized carbons (Fsp3) is 0.286. The average molecular weight is 417 g/mol. The van der Waals surface area contributed by atoms with Gasteiger partial charge in [-0.15, -0.1) is 12.4 Å². The molecule has 3 aromatic rings. The van der Waals surface area contributed by atoms with Gasteiger partial charge in [-0.05, 0) is 49.6 Å². The minimum absolute atomic E-state index is 0. The van der Waals surface area contributed by atoms with E-state index >= 15 is 0 Å². The van der Waals surface area contributed by atoms with Gasteiger partial charge >= 0.3 is 0 Å². The van der Waals surface area contributed by atoms with Crippen LogP contribution in [0.25, 0.3) is 11.5 Å². The van der Waals surface area contributed by atoms with E-state index in [0.717, 1.165) is 31.2 Å². The predicted octanol–water partition coefficient (Wildman–Crippen LogP) is 4.59. The van der Waals surface area contributed by atoms with E-state index in [2.05, 4.69) is 15.5 Å². The van der Waals surface area contributed by atoms with Gasteiger partial charge in [0.25, 0.3) is 11.8 Å². The number of benzene rings is 2. The third-order valence-corrected chi connectivity index (χ3v) is 5.22. The number of nitrogens with one attached hydrogen (secondary N) is 1. The summed E-state index contributed by atoms with van der Waals surface area (Å²) in [5, 5.41) is 6.82. The van der Waals surface area contributed by atoms with Gasteiger partial charge in [-0.3, -0.25) is 4.79 Å². The second-order valence-corrected chi connectivity index (χ2v) is 7.25. The van der Waals surface area contributed by atoms with Crippen LogP contribution in [0.3, 0.4) is 0 Å². The van der Waals surface area contributed by atoms with Crippen LogP contribution in [-0.4, -0.2) is 16.0 Å². The first-order chi connectivity index (χ1) is 13.5. The molecule has 2 aromatic carbocycles. The van der Waals surface area contributed by atoms with Gasteiger partial charge in [-0.2, -0.15) is 4.98 Å². The first kappa shape index (κ1) is 21.0. The summed E-state index contributed by atoms with van der Waals surface area (Å²) in [7, 11) is 0. The van der Waals surface area contributed by atoms with Gasteiger partial charge in [0.15, 0.2) is 5.82 Å². The first-order valence-corrected chi connectivity index (χ1v) is 9.26. The number of nitrogens with zero attached hydrogens (tertiary/aromatic N) is 2. The van der Waals surface area contributed by atoms with Gasteiger partial charge in [0.05, 0.1) is 11.1 Å². The van der Waals surface area contributed by atoms with E-state index in [0.29, 0.717) is 23.0 Å². The molecule has 1 aromatic heterocycles. The number of hydrogen-bond acceptors (Lipinski definition) is 5. The molecule has 1 heterocycles. The van der Waals surface area contributed by atoms with Crippen molar-refractivity contribution in [2.24, 2.45) is 5.73 Å². The van der Waals surface area contributed by atoms with Crippen LogP contribution >= 0.6 is 12.4 Å².